The van der Waals surface area contributed by atoms with Crippen LogP contribution in [0.4, 0.5) is 4.79 Å². The highest BCUT2D eigenvalue weighted by Crippen LogP contribution is 2.20. The number of urea groups is 1. The lowest BCUT2D eigenvalue weighted by molar-refractivity contribution is 0.184. The third-order valence-electron chi connectivity index (χ3n) is 6.26. The minimum atomic E-state index is -0.159. The maximum atomic E-state index is 13.2. The molecule has 0 bridgehead atoms. The molecular weight excluding hydrogens is 422 g/mol. The van der Waals surface area contributed by atoms with Gasteiger partial charge in [-0.15, -0.1) is 0 Å². The second-order valence-corrected chi connectivity index (χ2v) is 9.10. The van der Waals surface area contributed by atoms with Crippen molar-refractivity contribution in [3.05, 3.63) is 80.6 Å². The summed E-state index contributed by atoms with van der Waals surface area (Å²) in [5, 5.41) is 4.84. The summed E-state index contributed by atoms with van der Waals surface area (Å²) in [6.07, 6.45) is 6.47. The van der Waals surface area contributed by atoms with Crippen molar-refractivity contribution in [2.75, 3.05) is 0 Å². The van der Waals surface area contributed by atoms with Crippen molar-refractivity contribution < 1.29 is 4.79 Å². The molecule has 1 saturated carbocycles. The van der Waals surface area contributed by atoms with Crippen LogP contribution in [0.5, 0.6) is 0 Å². The summed E-state index contributed by atoms with van der Waals surface area (Å²) in [6, 6.07) is 15.5. The first-order valence-corrected chi connectivity index (χ1v) is 11.8. The molecule has 5 nitrogen and oxygen atoms in total. The van der Waals surface area contributed by atoms with E-state index < -0.39 is 0 Å². The third kappa shape index (κ3) is 5.52. The molecule has 6 heteroatoms. The standard InChI is InChI=1S/C26H30ClN3O2/c1-2-18-10-13-24-20(14-18)15-21(25(31)29-24)17-30(16-19-8-11-22(27)12-9-19)26(32)28-23-6-4-3-5-7-23/h8-15,23H,2-7,16-17H2,1H3,(H,28,32)(H,29,31). The van der Waals surface area contributed by atoms with Crippen molar-refractivity contribution in [1.82, 2.24) is 15.2 Å². The van der Waals surface area contributed by atoms with Gasteiger partial charge in [-0.05, 0) is 66.1 Å². The average molecular weight is 452 g/mol. The molecular formula is C26H30ClN3O2. The van der Waals surface area contributed by atoms with E-state index in [0.29, 0.717) is 17.1 Å². The van der Waals surface area contributed by atoms with Crippen molar-refractivity contribution >= 4 is 28.5 Å². The van der Waals surface area contributed by atoms with E-state index in [1.807, 2.05) is 42.5 Å². The first kappa shape index (κ1) is 22.4. The lowest BCUT2D eigenvalue weighted by atomic mass is 9.96. The number of aryl methyl sites for hydroxylation is 1. The second kappa shape index (κ2) is 10.2. The highest BCUT2D eigenvalue weighted by molar-refractivity contribution is 6.30. The maximum Gasteiger partial charge on any atom is 0.318 e. The van der Waals surface area contributed by atoms with Crippen LogP contribution < -0.4 is 10.9 Å². The Morgan fingerprint density at radius 2 is 1.75 bits per heavy atom. The number of benzene rings is 2. The van der Waals surface area contributed by atoms with E-state index in [0.717, 1.165) is 48.6 Å². The molecule has 2 aromatic carbocycles. The lowest BCUT2D eigenvalue weighted by Crippen LogP contribution is -2.45. The molecule has 3 aromatic rings. The average Bonchev–Trinajstić information content (AvgIpc) is 2.80. The number of H-pyrrole nitrogens is 1. The van der Waals surface area contributed by atoms with Gasteiger partial charge in [0.2, 0.25) is 0 Å². The van der Waals surface area contributed by atoms with Gasteiger partial charge in [-0.25, -0.2) is 4.79 Å². The number of halogens is 1. The number of carbonyl (C=O) groups is 1. The topological polar surface area (TPSA) is 65.2 Å². The van der Waals surface area contributed by atoms with Crippen molar-refractivity contribution in [2.24, 2.45) is 0 Å². The van der Waals surface area contributed by atoms with Crippen LogP contribution in [0.2, 0.25) is 5.02 Å². The number of amides is 2. The molecule has 0 radical (unpaired) electrons. The molecule has 1 heterocycles. The highest BCUT2D eigenvalue weighted by atomic mass is 35.5. The monoisotopic (exact) mass is 451 g/mol. The minimum Gasteiger partial charge on any atom is -0.335 e. The van der Waals surface area contributed by atoms with Crippen LogP contribution in [0.3, 0.4) is 0 Å². The van der Waals surface area contributed by atoms with Crippen molar-refractivity contribution in [2.45, 2.75) is 64.6 Å². The SMILES string of the molecule is CCc1ccc2[nH]c(=O)c(CN(Cc3ccc(Cl)cc3)C(=O)NC3CCCCC3)cc2c1. The summed E-state index contributed by atoms with van der Waals surface area (Å²) in [5.41, 5.74) is 3.42. The summed E-state index contributed by atoms with van der Waals surface area (Å²) in [7, 11) is 0. The van der Waals surface area contributed by atoms with Crippen LogP contribution in [0.1, 0.15) is 55.7 Å². The summed E-state index contributed by atoms with van der Waals surface area (Å²) >= 11 is 6.03. The summed E-state index contributed by atoms with van der Waals surface area (Å²) < 4.78 is 0. The van der Waals surface area contributed by atoms with Gasteiger partial charge in [-0.3, -0.25) is 4.79 Å². The molecule has 0 aliphatic heterocycles. The fourth-order valence-electron chi connectivity index (χ4n) is 4.37. The fraction of sp³-hybridized carbons (Fsp3) is 0.385. The minimum absolute atomic E-state index is 0.131. The zero-order chi connectivity index (χ0) is 22.5. The van der Waals surface area contributed by atoms with Gasteiger partial charge >= 0.3 is 6.03 Å². The number of hydrogen-bond acceptors (Lipinski definition) is 2. The number of rotatable bonds is 6. The van der Waals surface area contributed by atoms with Gasteiger partial charge < -0.3 is 15.2 Å². The fourth-order valence-corrected chi connectivity index (χ4v) is 4.49. The Labute approximate surface area is 193 Å². The van der Waals surface area contributed by atoms with Gasteiger partial charge in [0.25, 0.3) is 5.56 Å². The quantitative estimate of drug-likeness (QED) is 0.498. The number of carbonyl (C=O) groups excluding carboxylic acids is 1. The van der Waals surface area contributed by atoms with E-state index >= 15 is 0 Å². The molecule has 0 unspecified atom stereocenters. The van der Waals surface area contributed by atoms with E-state index in [1.165, 1.54) is 12.0 Å². The lowest BCUT2D eigenvalue weighted by Gasteiger charge is -2.28. The molecule has 2 N–H and O–H groups in total. The van der Waals surface area contributed by atoms with Crippen LogP contribution in [0, 0.1) is 0 Å². The number of nitrogens with zero attached hydrogens (tertiary/aromatic N) is 1. The number of hydrogen-bond donors (Lipinski definition) is 2. The normalized spacial score (nSPS) is 14.4. The molecule has 1 aliphatic rings. The van der Waals surface area contributed by atoms with Gasteiger partial charge in [0.1, 0.15) is 0 Å². The molecule has 4 rings (SSSR count). The molecule has 32 heavy (non-hydrogen) atoms. The molecule has 1 aliphatic carbocycles. The Morgan fingerprint density at radius 3 is 2.47 bits per heavy atom. The summed E-state index contributed by atoms with van der Waals surface area (Å²) in [4.78, 5) is 30.7. The number of nitrogens with one attached hydrogen (secondary N) is 2. The van der Waals surface area contributed by atoms with Crippen molar-refractivity contribution in [3.8, 4) is 0 Å². The molecule has 1 aromatic heterocycles. The van der Waals surface area contributed by atoms with Crippen LogP contribution in [-0.2, 0) is 19.5 Å². The molecule has 168 valence electrons. The highest BCUT2D eigenvalue weighted by Gasteiger charge is 2.21. The largest absolute Gasteiger partial charge is 0.335 e. The summed E-state index contributed by atoms with van der Waals surface area (Å²) in [5.74, 6) is 0. The van der Waals surface area contributed by atoms with E-state index in [4.69, 9.17) is 11.6 Å². The van der Waals surface area contributed by atoms with Crippen molar-refractivity contribution in [1.29, 1.82) is 0 Å². The van der Waals surface area contributed by atoms with E-state index in [9.17, 15) is 9.59 Å². The molecule has 0 spiro atoms. The smallest absolute Gasteiger partial charge is 0.318 e. The zero-order valence-corrected chi connectivity index (χ0v) is 19.3. The third-order valence-corrected chi connectivity index (χ3v) is 6.51. The number of aromatic nitrogens is 1. The predicted octanol–water partition coefficient (Wildman–Crippen LogP) is 5.79. The first-order chi connectivity index (χ1) is 15.5. The molecule has 2 amide bonds. The van der Waals surface area contributed by atoms with E-state index in [1.54, 1.807) is 4.90 Å². The Bertz CT molecular complexity index is 1130. The van der Waals surface area contributed by atoms with Crippen molar-refractivity contribution in [3.63, 3.8) is 0 Å². The predicted molar refractivity (Wildman–Crippen MR) is 130 cm³/mol. The Morgan fingerprint density at radius 1 is 1.03 bits per heavy atom. The van der Waals surface area contributed by atoms with E-state index in [-0.39, 0.29) is 24.2 Å². The number of pyridine rings is 1. The molecule has 0 atom stereocenters. The molecule has 1 fully saturated rings. The number of aromatic amines is 1. The van der Waals surface area contributed by atoms with E-state index in [2.05, 4.69) is 23.3 Å². The second-order valence-electron chi connectivity index (χ2n) is 8.67. The van der Waals surface area contributed by atoms with Gasteiger partial charge in [0.15, 0.2) is 0 Å². The van der Waals surface area contributed by atoms with Crippen LogP contribution in [0.25, 0.3) is 10.9 Å². The van der Waals surface area contributed by atoms with Crippen LogP contribution in [-0.4, -0.2) is 22.0 Å². The zero-order valence-electron chi connectivity index (χ0n) is 18.5. The summed E-state index contributed by atoms with van der Waals surface area (Å²) in [6.45, 7) is 2.75. The molecule has 0 saturated heterocycles. The number of fused-ring (bicyclic) bond motifs is 1. The first-order valence-electron chi connectivity index (χ1n) is 11.5. The van der Waals surface area contributed by atoms with Gasteiger partial charge in [0.05, 0.1) is 6.54 Å². The van der Waals surface area contributed by atoms with Gasteiger partial charge in [-0.2, -0.15) is 0 Å². The maximum absolute atomic E-state index is 13.2. The van der Waals surface area contributed by atoms with Crippen LogP contribution >= 0.6 is 11.6 Å². The van der Waals surface area contributed by atoms with Gasteiger partial charge in [0, 0.05) is 28.7 Å². The Balaban J connectivity index is 1.61. The van der Waals surface area contributed by atoms with Crippen LogP contribution in [0.15, 0.2) is 53.3 Å². The van der Waals surface area contributed by atoms with Gasteiger partial charge in [-0.1, -0.05) is 56.0 Å². The Kier molecular flexibility index (Phi) is 7.15. The Hall–Kier alpha value is -2.79.